The van der Waals surface area contributed by atoms with Crippen LogP contribution in [0.5, 0.6) is 0 Å². The summed E-state index contributed by atoms with van der Waals surface area (Å²) in [6.07, 6.45) is 6.66. The molecule has 3 rings (SSSR count). The fraction of sp³-hybridized carbons (Fsp3) is 0.714. The van der Waals surface area contributed by atoms with E-state index in [1.165, 1.54) is 0 Å². The van der Waals surface area contributed by atoms with Crippen LogP contribution in [0.1, 0.15) is 32.0 Å². The zero-order chi connectivity index (χ0) is 14.2. The summed E-state index contributed by atoms with van der Waals surface area (Å²) in [4.78, 5) is 18.1. The van der Waals surface area contributed by atoms with E-state index >= 15 is 0 Å². The number of carboxylic acids is 1. The number of carbonyl (C=O) groups is 1. The fourth-order valence-corrected chi connectivity index (χ4v) is 2.72. The molecule has 0 spiro atoms. The summed E-state index contributed by atoms with van der Waals surface area (Å²) >= 11 is 0. The van der Waals surface area contributed by atoms with Crippen molar-refractivity contribution in [3.8, 4) is 0 Å². The second-order valence-electron chi connectivity index (χ2n) is 6.12. The van der Waals surface area contributed by atoms with Crippen LogP contribution in [0, 0.1) is 0 Å². The number of fused-ring (bicyclic) bond motifs is 1. The molecular weight excluding hydrogens is 256 g/mol. The molecule has 1 atom stereocenters. The van der Waals surface area contributed by atoms with Gasteiger partial charge in [-0.3, -0.25) is 15.0 Å². The number of nitrogens with one attached hydrogen (secondary N) is 1. The molecule has 2 heterocycles. The van der Waals surface area contributed by atoms with Gasteiger partial charge in [-0.15, -0.1) is 0 Å². The van der Waals surface area contributed by atoms with Crippen molar-refractivity contribution in [3.63, 3.8) is 0 Å². The van der Waals surface area contributed by atoms with Gasteiger partial charge in [-0.1, -0.05) is 0 Å². The minimum Gasteiger partial charge on any atom is -0.480 e. The maximum atomic E-state index is 11.5. The van der Waals surface area contributed by atoms with Crippen molar-refractivity contribution in [1.82, 2.24) is 19.8 Å². The average molecular weight is 278 g/mol. The second-order valence-corrected chi connectivity index (χ2v) is 6.12. The number of carboxylic acid groups (broad SMARTS) is 1. The van der Waals surface area contributed by atoms with Crippen LogP contribution in [-0.4, -0.2) is 50.2 Å². The Hall–Kier alpha value is -1.40. The van der Waals surface area contributed by atoms with Gasteiger partial charge in [-0.25, -0.2) is 4.98 Å². The Kier molecular flexibility index (Phi) is 3.52. The predicted molar refractivity (Wildman–Crippen MR) is 74.3 cm³/mol. The lowest BCUT2D eigenvalue weighted by atomic mass is 9.97. The number of hydrogen-bond donors (Lipinski definition) is 2. The summed E-state index contributed by atoms with van der Waals surface area (Å²) in [6, 6.07) is 0.399. The Morgan fingerprint density at radius 3 is 3.05 bits per heavy atom. The lowest BCUT2D eigenvalue weighted by Gasteiger charge is -2.32. The van der Waals surface area contributed by atoms with E-state index in [0.29, 0.717) is 12.5 Å². The first-order valence-corrected chi connectivity index (χ1v) is 7.30. The smallest absolute Gasteiger partial charge is 0.323 e. The Labute approximate surface area is 118 Å². The largest absolute Gasteiger partial charge is 0.480 e. The highest BCUT2D eigenvalue weighted by molar-refractivity contribution is 5.78. The van der Waals surface area contributed by atoms with Gasteiger partial charge >= 0.3 is 5.97 Å². The highest BCUT2D eigenvalue weighted by Crippen LogP contribution is 2.25. The molecule has 0 aromatic carbocycles. The molecule has 1 aliphatic carbocycles. The standard InChI is InChI=1S/C14H22N4O2/c1-14(13(19)20,16-11-2-3-11)4-6-17-8-9-18-7-5-15-12(18)10-17/h5,7,11,16H,2-4,6,8-10H2,1H3,(H,19,20). The van der Waals surface area contributed by atoms with Gasteiger partial charge in [-0.05, 0) is 26.2 Å². The average Bonchev–Trinajstić information content (AvgIpc) is 3.10. The van der Waals surface area contributed by atoms with Gasteiger partial charge in [0.2, 0.25) is 0 Å². The maximum Gasteiger partial charge on any atom is 0.323 e. The Morgan fingerprint density at radius 2 is 2.35 bits per heavy atom. The lowest BCUT2D eigenvalue weighted by Crippen LogP contribution is -2.52. The van der Waals surface area contributed by atoms with E-state index in [2.05, 4.69) is 19.8 Å². The van der Waals surface area contributed by atoms with Crippen molar-refractivity contribution in [1.29, 1.82) is 0 Å². The third-order valence-corrected chi connectivity index (χ3v) is 4.32. The fourth-order valence-electron chi connectivity index (χ4n) is 2.72. The number of rotatable bonds is 6. The zero-order valence-electron chi connectivity index (χ0n) is 11.9. The number of hydrogen-bond acceptors (Lipinski definition) is 4. The molecule has 2 aliphatic rings. The molecule has 0 amide bonds. The highest BCUT2D eigenvalue weighted by atomic mass is 16.4. The second kappa shape index (κ2) is 5.18. The van der Waals surface area contributed by atoms with E-state index in [4.69, 9.17) is 0 Å². The molecule has 0 saturated heterocycles. The minimum absolute atomic E-state index is 0.399. The summed E-state index contributed by atoms with van der Waals surface area (Å²) in [7, 11) is 0. The molecule has 1 saturated carbocycles. The Balaban J connectivity index is 1.56. The number of nitrogens with zero attached hydrogens (tertiary/aromatic N) is 3. The van der Waals surface area contributed by atoms with Gasteiger partial charge in [0, 0.05) is 38.1 Å². The molecule has 0 radical (unpaired) electrons. The highest BCUT2D eigenvalue weighted by Gasteiger charge is 2.38. The van der Waals surface area contributed by atoms with Crippen LogP contribution >= 0.6 is 0 Å². The van der Waals surface area contributed by atoms with Gasteiger partial charge in [0.15, 0.2) is 0 Å². The van der Waals surface area contributed by atoms with Gasteiger partial charge in [-0.2, -0.15) is 0 Å². The summed E-state index contributed by atoms with van der Waals surface area (Å²) in [5, 5.41) is 12.7. The molecule has 2 N–H and O–H groups in total. The summed E-state index contributed by atoms with van der Waals surface area (Å²) < 4.78 is 2.16. The van der Waals surface area contributed by atoms with Crippen LogP contribution in [0.3, 0.4) is 0 Å². The van der Waals surface area contributed by atoms with E-state index in [-0.39, 0.29) is 0 Å². The first-order valence-electron chi connectivity index (χ1n) is 7.30. The Morgan fingerprint density at radius 1 is 1.55 bits per heavy atom. The number of aromatic nitrogens is 2. The van der Waals surface area contributed by atoms with Crippen LogP contribution in [0.4, 0.5) is 0 Å². The first kappa shape index (κ1) is 13.6. The summed E-state index contributed by atoms with van der Waals surface area (Å²) in [6.45, 7) is 5.30. The van der Waals surface area contributed by atoms with Crippen molar-refractivity contribution in [2.75, 3.05) is 13.1 Å². The lowest BCUT2D eigenvalue weighted by molar-refractivity contribution is -0.144. The predicted octanol–water partition coefficient (Wildman–Crippen LogP) is 0.684. The normalized spacial score (nSPS) is 22.2. The molecule has 0 bridgehead atoms. The van der Waals surface area contributed by atoms with Crippen molar-refractivity contribution >= 4 is 5.97 Å². The van der Waals surface area contributed by atoms with Gasteiger partial charge in [0.1, 0.15) is 11.4 Å². The molecule has 1 fully saturated rings. The first-order chi connectivity index (χ1) is 9.57. The van der Waals surface area contributed by atoms with E-state index in [0.717, 1.165) is 44.8 Å². The van der Waals surface area contributed by atoms with Crippen LogP contribution < -0.4 is 5.32 Å². The molecule has 1 aromatic rings. The van der Waals surface area contributed by atoms with E-state index in [1.54, 1.807) is 6.92 Å². The molecule has 6 heteroatoms. The molecule has 1 aromatic heterocycles. The SMILES string of the molecule is CC(CCN1CCn2ccnc2C1)(NC1CC1)C(=O)O. The summed E-state index contributed by atoms with van der Waals surface area (Å²) in [5.41, 5.74) is -0.811. The minimum atomic E-state index is -0.811. The zero-order valence-corrected chi connectivity index (χ0v) is 11.9. The number of imidazole rings is 1. The van der Waals surface area contributed by atoms with E-state index in [1.807, 2.05) is 12.4 Å². The van der Waals surface area contributed by atoms with Crippen LogP contribution in [-0.2, 0) is 17.9 Å². The van der Waals surface area contributed by atoms with Crippen molar-refractivity contribution in [2.24, 2.45) is 0 Å². The van der Waals surface area contributed by atoms with Gasteiger partial charge < -0.3 is 9.67 Å². The van der Waals surface area contributed by atoms with Crippen LogP contribution in [0.2, 0.25) is 0 Å². The molecular formula is C14H22N4O2. The van der Waals surface area contributed by atoms with Gasteiger partial charge in [0.05, 0.1) is 6.54 Å². The maximum absolute atomic E-state index is 11.5. The van der Waals surface area contributed by atoms with E-state index in [9.17, 15) is 9.90 Å². The molecule has 1 unspecified atom stereocenters. The van der Waals surface area contributed by atoms with Crippen molar-refractivity contribution in [3.05, 3.63) is 18.2 Å². The quantitative estimate of drug-likeness (QED) is 0.801. The van der Waals surface area contributed by atoms with E-state index < -0.39 is 11.5 Å². The third kappa shape index (κ3) is 2.86. The van der Waals surface area contributed by atoms with Crippen LogP contribution in [0.25, 0.3) is 0 Å². The monoisotopic (exact) mass is 278 g/mol. The molecule has 110 valence electrons. The summed E-state index contributed by atoms with van der Waals surface area (Å²) in [5.74, 6) is 0.325. The van der Waals surface area contributed by atoms with Crippen molar-refractivity contribution < 1.29 is 9.90 Å². The molecule has 1 aliphatic heterocycles. The Bertz CT molecular complexity index is 497. The van der Waals surface area contributed by atoms with Crippen LogP contribution in [0.15, 0.2) is 12.4 Å². The third-order valence-electron chi connectivity index (χ3n) is 4.32. The van der Waals surface area contributed by atoms with Crippen molar-refractivity contribution in [2.45, 2.75) is 50.9 Å². The number of aliphatic carboxylic acids is 1. The van der Waals surface area contributed by atoms with Gasteiger partial charge in [0.25, 0.3) is 0 Å². The molecule has 20 heavy (non-hydrogen) atoms. The topological polar surface area (TPSA) is 70.4 Å². The molecule has 6 nitrogen and oxygen atoms in total.